The van der Waals surface area contributed by atoms with E-state index in [9.17, 15) is 9.18 Å². The van der Waals surface area contributed by atoms with Crippen LogP contribution in [-0.2, 0) is 9.53 Å². The molecule has 0 radical (unpaired) electrons. The molecule has 0 aromatic heterocycles. The van der Waals surface area contributed by atoms with Crippen LogP contribution >= 0.6 is 11.6 Å². The summed E-state index contributed by atoms with van der Waals surface area (Å²) in [6.45, 7) is 5.81. The number of esters is 1. The van der Waals surface area contributed by atoms with Gasteiger partial charge in [0.05, 0.1) is 11.6 Å². The molecule has 0 aliphatic carbocycles. The molecule has 0 fully saturated rings. The molecule has 0 aliphatic heterocycles. The molecule has 1 aromatic carbocycles. The first kappa shape index (κ1) is 14.9. The lowest BCUT2D eigenvalue weighted by molar-refractivity contribution is -0.146. The van der Waals surface area contributed by atoms with Gasteiger partial charge in [-0.05, 0) is 38.5 Å². The zero-order chi connectivity index (χ0) is 13.7. The molecule has 1 unspecified atom stereocenters. The predicted octanol–water partition coefficient (Wildman–Crippen LogP) is 3.08. The standard InChI is InChI=1S/C13H17ClFNO2/c1-4-18-13(17)12(16-8(2)3)9-5-6-10(14)11(15)7-9/h5-8,12,16H,4H2,1-3H3. The van der Waals surface area contributed by atoms with E-state index in [1.807, 2.05) is 13.8 Å². The van der Waals surface area contributed by atoms with Crippen LogP contribution in [0.3, 0.4) is 0 Å². The van der Waals surface area contributed by atoms with Crippen LogP contribution < -0.4 is 5.32 Å². The second kappa shape index (κ2) is 6.71. The highest BCUT2D eigenvalue weighted by Crippen LogP contribution is 2.21. The minimum absolute atomic E-state index is 0.0332. The first-order valence-electron chi connectivity index (χ1n) is 5.83. The zero-order valence-electron chi connectivity index (χ0n) is 10.7. The molecule has 0 aliphatic rings. The number of nitrogens with one attached hydrogen (secondary N) is 1. The fourth-order valence-electron chi connectivity index (χ4n) is 1.55. The molecule has 0 saturated carbocycles. The topological polar surface area (TPSA) is 38.3 Å². The van der Waals surface area contributed by atoms with Crippen LogP contribution in [0.1, 0.15) is 32.4 Å². The van der Waals surface area contributed by atoms with E-state index in [-0.39, 0.29) is 17.7 Å². The maximum Gasteiger partial charge on any atom is 0.327 e. The van der Waals surface area contributed by atoms with Crippen molar-refractivity contribution in [3.8, 4) is 0 Å². The molecular formula is C13H17ClFNO2. The summed E-state index contributed by atoms with van der Waals surface area (Å²) < 4.78 is 18.4. The highest BCUT2D eigenvalue weighted by atomic mass is 35.5. The van der Waals surface area contributed by atoms with E-state index < -0.39 is 17.8 Å². The van der Waals surface area contributed by atoms with E-state index in [4.69, 9.17) is 16.3 Å². The summed E-state index contributed by atoms with van der Waals surface area (Å²) in [5.74, 6) is -0.970. The SMILES string of the molecule is CCOC(=O)C(NC(C)C)c1ccc(Cl)c(F)c1. The second-order valence-electron chi connectivity index (χ2n) is 4.18. The Kier molecular flexibility index (Phi) is 5.56. The van der Waals surface area contributed by atoms with Gasteiger partial charge in [0.25, 0.3) is 0 Å². The third-order valence-corrected chi connectivity index (χ3v) is 2.61. The molecule has 0 amide bonds. The van der Waals surface area contributed by atoms with Crippen LogP contribution in [0.5, 0.6) is 0 Å². The molecule has 0 heterocycles. The normalized spacial score (nSPS) is 12.6. The minimum atomic E-state index is -0.684. The fraction of sp³-hybridized carbons (Fsp3) is 0.462. The van der Waals surface area contributed by atoms with Gasteiger partial charge in [-0.3, -0.25) is 5.32 Å². The Morgan fingerprint density at radius 3 is 2.67 bits per heavy atom. The maximum absolute atomic E-state index is 13.4. The molecule has 0 saturated heterocycles. The molecule has 100 valence electrons. The van der Waals surface area contributed by atoms with Gasteiger partial charge in [0.15, 0.2) is 0 Å². The van der Waals surface area contributed by atoms with Crippen LogP contribution in [0.2, 0.25) is 5.02 Å². The van der Waals surface area contributed by atoms with Crippen molar-refractivity contribution in [1.29, 1.82) is 0 Å². The van der Waals surface area contributed by atoms with Crippen LogP contribution in [0.15, 0.2) is 18.2 Å². The summed E-state index contributed by atoms with van der Waals surface area (Å²) in [6, 6.07) is 3.68. The summed E-state index contributed by atoms with van der Waals surface area (Å²) in [4.78, 5) is 11.8. The average molecular weight is 274 g/mol. The number of ether oxygens (including phenoxy) is 1. The van der Waals surface area contributed by atoms with Crippen LogP contribution in [0, 0.1) is 5.82 Å². The lowest BCUT2D eigenvalue weighted by Crippen LogP contribution is -2.34. The van der Waals surface area contributed by atoms with Gasteiger partial charge in [0, 0.05) is 6.04 Å². The lowest BCUT2D eigenvalue weighted by Gasteiger charge is -2.20. The Labute approximate surface area is 111 Å². The van der Waals surface area contributed by atoms with Gasteiger partial charge in [-0.15, -0.1) is 0 Å². The van der Waals surface area contributed by atoms with Crippen molar-refractivity contribution in [2.24, 2.45) is 0 Å². The summed E-state index contributed by atoms with van der Waals surface area (Å²) >= 11 is 5.62. The quantitative estimate of drug-likeness (QED) is 0.838. The summed E-state index contributed by atoms with van der Waals surface area (Å²) in [6.07, 6.45) is 0. The van der Waals surface area contributed by atoms with Gasteiger partial charge in [0.2, 0.25) is 0 Å². The van der Waals surface area contributed by atoms with Crippen molar-refractivity contribution in [1.82, 2.24) is 5.32 Å². The number of halogens is 2. The zero-order valence-corrected chi connectivity index (χ0v) is 11.4. The Hall–Kier alpha value is -1.13. The maximum atomic E-state index is 13.4. The van der Waals surface area contributed by atoms with Crippen LogP contribution in [0.25, 0.3) is 0 Å². The van der Waals surface area contributed by atoms with Gasteiger partial charge in [-0.2, -0.15) is 0 Å². The summed E-state index contributed by atoms with van der Waals surface area (Å²) in [5, 5.41) is 3.08. The number of carbonyl (C=O) groups excluding carboxylic acids is 1. The van der Waals surface area contributed by atoms with E-state index in [2.05, 4.69) is 5.32 Å². The first-order valence-corrected chi connectivity index (χ1v) is 6.21. The molecule has 5 heteroatoms. The molecular weight excluding hydrogens is 257 g/mol. The molecule has 3 nitrogen and oxygen atoms in total. The third kappa shape index (κ3) is 3.96. The summed E-state index contributed by atoms with van der Waals surface area (Å²) in [7, 11) is 0. The smallest absolute Gasteiger partial charge is 0.327 e. The van der Waals surface area contributed by atoms with Gasteiger partial charge in [-0.25, -0.2) is 9.18 Å². The monoisotopic (exact) mass is 273 g/mol. The molecule has 1 rings (SSSR count). The molecule has 1 atom stereocenters. The molecule has 1 aromatic rings. The van der Waals surface area contributed by atoms with Gasteiger partial charge in [-0.1, -0.05) is 17.7 Å². The molecule has 0 spiro atoms. The van der Waals surface area contributed by atoms with Crippen molar-refractivity contribution in [2.45, 2.75) is 32.9 Å². The predicted molar refractivity (Wildman–Crippen MR) is 69.1 cm³/mol. The van der Waals surface area contributed by atoms with E-state index in [0.717, 1.165) is 0 Å². The first-order chi connectivity index (χ1) is 8.45. The largest absolute Gasteiger partial charge is 0.465 e. The van der Waals surface area contributed by atoms with Crippen molar-refractivity contribution in [3.05, 3.63) is 34.6 Å². The Bertz CT molecular complexity index is 423. The van der Waals surface area contributed by atoms with Crippen molar-refractivity contribution in [3.63, 3.8) is 0 Å². The number of hydrogen-bond donors (Lipinski definition) is 1. The minimum Gasteiger partial charge on any atom is -0.465 e. The highest BCUT2D eigenvalue weighted by Gasteiger charge is 2.23. The molecule has 0 bridgehead atoms. The van der Waals surface area contributed by atoms with Crippen molar-refractivity contribution >= 4 is 17.6 Å². The lowest BCUT2D eigenvalue weighted by atomic mass is 10.1. The Balaban J connectivity index is 3.00. The van der Waals surface area contributed by atoms with Gasteiger partial charge in [0.1, 0.15) is 11.9 Å². The Morgan fingerprint density at radius 1 is 1.50 bits per heavy atom. The van der Waals surface area contributed by atoms with Crippen LogP contribution in [0.4, 0.5) is 4.39 Å². The third-order valence-electron chi connectivity index (χ3n) is 2.30. The fourth-order valence-corrected chi connectivity index (χ4v) is 1.67. The van der Waals surface area contributed by atoms with E-state index >= 15 is 0 Å². The van der Waals surface area contributed by atoms with E-state index in [1.165, 1.54) is 12.1 Å². The molecule has 18 heavy (non-hydrogen) atoms. The Morgan fingerprint density at radius 2 is 2.17 bits per heavy atom. The van der Waals surface area contributed by atoms with Crippen molar-refractivity contribution in [2.75, 3.05) is 6.61 Å². The van der Waals surface area contributed by atoms with E-state index in [1.54, 1.807) is 13.0 Å². The van der Waals surface area contributed by atoms with Crippen molar-refractivity contribution < 1.29 is 13.9 Å². The number of rotatable bonds is 5. The summed E-state index contributed by atoms with van der Waals surface area (Å²) in [5.41, 5.74) is 0.504. The van der Waals surface area contributed by atoms with E-state index in [0.29, 0.717) is 5.56 Å². The number of hydrogen-bond acceptors (Lipinski definition) is 3. The number of benzene rings is 1. The van der Waals surface area contributed by atoms with Crippen LogP contribution in [-0.4, -0.2) is 18.6 Å². The molecule has 1 N–H and O–H groups in total. The highest BCUT2D eigenvalue weighted by molar-refractivity contribution is 6.30. The number of carbonyl (C=O) groups is 1. The second-order valence-corrected chi connectivity index (χ2v) is 4.59. The van der Waals surface area contributed by atoms with Gasteiger partial charge < -0.3 is 4.74 Å². The average Bonchev–Trinajstić information content (AvgIpc) is 2.30. The van der Waals surface area contributed by atoms with Gasteiger partial charge >= 0.3 is 5.97 Å².